The van der Waals surface area contributed by atoms with Crippen LogP contribution in [0.4, 0.5) is 0 Å². The molecule has 1 aromatic carbocycles. The summed E-state index contributed by atoms with van der Waals surface area (Å²) >= 11 is 3.15. The Bertz CT molecular complexity index is 347. The largest absolute Gasteiger partial charge is 0.508 e. The van der Waals surface area contributed by atoms with Gasteiger partial charge in [0.1, 0.15) is 5.75 Å². The second-order valence-corrected chi connectivity index (χ2v) is 3.43. The zero-order chi connectivity index (χ0) is 10.0. The summed E-state index contributed by atoms with van der Waals surface area (Å²) in [4.78, 5) is 11.1. The highest BCUT2D eigenvalue weighted by atomic mass is 79.9. The van der Waals surface area contributed by atoms with Gasteiger partial charge in [0.15, 0.2) is 5.78 Å². The maximum absolute atomic E-state index is 11.1. The van der Waals surface area contributed by atoms with Crippen LogP contribution in [0.3, 0.4) is 0 Å². The molecule has 0 aliphatic carbocycles. The minimum absolute atomic E-state index is 0.0145. The average molecular weight is 245 g/mol. The van der Waals surface area contributed by atoms with Crippen molar-refractivity contribution in [2.75, 3.05) is 0 Å². The Hall–Kier alpha value is -0.870. The third-order valence-electron chi connectivity index (χ3n) is 1.76. The van der Waals surface area contributed by atoms with Gasteiger partial charge >= 0.3 is 0 Å². The molecule has 0 saturated carbocycles. The molecule has 3 nitrogen and oxygen atoms in total. The van der Waals surface area contributed by atoms with Crippen molar-refractivity contribution in [2.45, 2.75) is 13.5 Å². The van der Waals surface area contributed by atoms with Gasteiger partial charge in [0, 0.05) is 15.6 Å². The van der Waals surface area contributed by atoms with Gasteiger partial charge in [0.05, 0.1) is 6.61 Å². The van der Waals surface area contributed by atoms with Crippen LogP contribution < -0.4 is 0 Å². The van der Waals surface area contributed by atoms with Gasteiger partial charge in [-0.05, 0) is 35.0 Å². The van der Waals surface area contributed by atoms with Gasteiger partial charge in [0.25, 0.3) is 0 Å². The van der Waals surface area contributed by atoms with Crippen LogP contribution in [0, 0.1) is 0 Å². The molecule has 2 N–H and O–H groups in total. The molecular formula is C9H9BrO3. The number of hydrogen-bond acceptors (Lipinski definition) is 3. The molecule has 0 saturated heterocycles. The summed E-state index contributed by atoms with van der Waals surface area (Å²) in [6, 6.07) is 2.91. The molecule has 0 unspecified atom stereocenters. The normalized spacial score (nSPS) is 10.1. The summed E-state index contributed by atoms with van der Waals surface area (Å²) in [6.45, 7) is 1.13. The fourth-order valence-corrected chi connectivity index (χ4v) is 1.77. The lowest BCUT2D eigenvalue weighted by molar-refractivity contribution is 0.101. The fraction of sp³-hybridized carbons (Fsp3) is 0.222. The van der Waals surface area contributed by atoms with Crippen molar-refractivity contribution < 1.29 is 15.0 Å². The van der Waals surface area contributed by atoms with Crippen molar-refractivity contribution >= 4 is 21.7 Å². The number of aromatic hydroxyl groups is 1. The maximum Gasteiger partial charge on any atom is 0.160 e. The topological polar surface area (TPSA) is 57.5 Å². The summed E-state index contributed by atoms with van der Waals surface area (Å²) in [5, 5.41) is 18.2. The summed E-state index contributed by atoms with van der Waals surface area (Å²) < 4.78 is 0.461. The Kier molecular flexibility index (Phi) is 3.06. The van der Waals surface area contributed by atoms with Crippen molar-refractivity contribution in [2.24, 2.45) is 0 Å². The Balaban J connectivity index is 3.35. The summed E-state index contributed by atoms with van der Waals surface area (Å²) in [5.41, 5.74) is 0.801. The second kappa shape index (κ2) is 3.89. The Labute approximate surface area is 84.1 Å². The lowest BCUT2D eigenvalue weighted by Gasteiger charge is -2.07. The van der Waals surface area contributed by atoms with E-state index in [0.717, 1.165) is 0 Å². The molecule has 0 bridgehead atoms. The van der Waals surface area contributed by atoms with E-state index >= 15 is 0 Å². The molecule has 4 heteroatoms. The van der Waals surface area contributed by atoms with Gasteiger partial charge < -0.3 is 10.2 Å². The van der Waals surface area contributed by atoms with E-state index < -0.39 is 0 Å². The van der Waals surface area contributed by atoms with Crippen molar-refractivity contribution in [3.63, 3.8) is 0 Å². The number of aliphatic hydroxyl groups is 1. The van der Waals surface area contributed by atoms with Crippen LogP contribution in [0.5, 0.6) is 5.75 Å². The predicted octanol–water partition coefficient (Wildman–Crippen LogP) is 1.85. The minimum Gasteiger partial charge on any atom is -0.508 e. The Morgan fingerprint density at radius 2 is 2.15 bits per heavy atom. The van der Waals surface area contributed by atoms with Gasteiger partial charge in [-0.3, -0.25) is 4.79 Å². The highest BCUT2D eigenvalue weighted by molar-refractivity contribution is 9.10. The first kappa shape index (κ1) is 10.2. The van der Waals surface area contributed by atoms with Crippen LogP contribution in [0.1, 0.15) is 22.8 Å². The minimum atomic E-state index is -0.298. The number of Topliss-reactive ketones (excluding diaryl/α,β-unsaturated/α-hetero) is 1. The Morgan fingerprint density at radius 3 is 2.62 bits per heavy atom. The molecule has 0 aliphatic rings. The van der Waals surface area contributed by atoms with E-state index in [2.05, 4.69) is 15.9 Å². The summed E-state index contributed by atoms with van der Waals surface area (Å²) in [6.07, 6.45) is 0. The molecule has 0 aromatic heterocycles. The van der Waals surface area contributed by atoms with Crippen LogP contribution in [-0.4, -0.2) is 16.0 Å². The molecule has 13 heavy (non-hydrogen) atoms. The van der Waals surface area contributed by atoms with Crippen molar-refractivity contribution in [3.8, 4) is 5.75 Å². The molecule has 0 radical (unpaired) electrons. The number of ketones is 1. The van der Waals surface area contributed by atoms with Crippen molar-refractivity contribution in [3.05, 3.63) is 27.7 Å². The Morgan fingerprint density at radius 1 is 1.54 bits per heavy atom. The number of benzene rings is 1. The lowest BCUT2D eigenvalue weighted by atomic mass is 10.1. The smallest absolute Gasteiger partial charge is 0.160 e. The number of aliphatic hydroxyl groups excluding tert-OH is 1. The van der Waals surface area contributed by atoms with E-state index in [9.17, 15) is 9.90 Å². The first-order valence-corrected chi connectivity index (χ1v) is 4.49. The summed E-state index contributed by atoms with van der Waals surface area (Å²) in [5.74, 6) is -0.124. The van der Waals surface area contributed by atoms with E-state index in [-0.39, 0.29) is 18.1 Å². The number of hydrogen-bond donors (Lipinski definition) is 2. The van der Waals surface area contributed by atoms with Crippen LogP contribution in [0.2, 0.25) is 0 Å². The molecule has 1 aromatic rings. The van der Waals surface area contributed by atoms with Gasteiger partial charge in [-0.15, -0.1) is 0 Å². The number of carbonyl (C=O) groups excluding carboxylic acids is 1. The van der Waals surface area contributed by atoms with E-state index in [0.29, 0.717) is 15.6 Å². The molecule has 0 heterocycles. The SMILES string of the molecule is CC(=O)c1ccc(O)c(CO)c1Br. The molecule has 0 aliphatic heterocycles. The van der Waals surface area contributed by atoms with Crippen molar-refractivity contribution in [1.29, 1.82) is 0 Å². The zero-order valence-electron chi connectivity index (χ0n) is 7.04. The van der Waals surface area contributed by atoms with Gasteiger partial charge in [-0.1, -0.05) is 0 Å². The third kappa shape index (κ3) is 1.89. The van der Waals surface area contributed by atoms with Gasteiger partial charge in [0.2, 0.25) is 0 Å². The van der Waals surface area contributed by atoms with Crippen LogP contribution in [0.25, 0.3) is 0 Å². The van der Waals surface area contributed by atoms with E-state index in [1.807, 2.05) is 0 Å². The maximum atomic E-state index is 11.1. The number of phenols is 1. The zero-order valence-corrected chi connectivity index (χ0v) is 8.63. The molecule has 0 spiro atoms. The monoisotopic (exact) mass is 244 g/mol. The fourth-order valence-electron chi connectivity index (χ4n) is 1.03. The van der Waals surface area contributed by atoms with E-state index in [1.54, 1.807) is 0 Å². The van der Waals surface area contributed by atoms with Crippen LogP contribution >= 0.6 is 15.9 Å². The van der Waals surface area contributed by atoms with Crippen LogP contribution in [-0.2, 0) is 6.61 Å². The van der Waals surface area contributed by atoms with Gasteiger partial charge in [-0.2, -0.15) is 0 Å². The second-order valence-electron chi connectivity index (χ2n) is 2.64. The predicted molar refractivity (Wildman–Crippen MR) is 51.7 cm³/mol. The first-order chi connectivity index (χ1) is 6.07. The molecule has 0 fully saturated rings. The molecule has 0 atom stereocenters. The third-order valence-corrected chi connectivity index (χ3v) is 2.66. The van der Waals surface area contributed by atoms with E-state index in [4.69, 9.17) is 5.11 Å². The summed E-state index contributed by atoms with van der Waals surface area (Å²) in [7, 11) is 0. The van der Waals surface area contributed by atoms with Crippen molar-refractivity contribution in [1.82, 2.24) is 0 Å². The highest BCUT2D eigenvalue weighted by Crippen LogP contribution is 2.29. The van der Waals surface area contributed by atoms with Crippen LogP contribution in [0.15, 0.2) is 16.6 Å². The first-order valence-electron chi connectivity index (χ1n) is 3.70. The molecule has 1 rings (SSSR count). The quantitative estimate of drug-likeness (QED) is 0.781. The highest BCUT2D eigenvalue weighted by Gasteiger charge is 2.12. The standard InChI is InChI=1S/C9H9BrO3/c1-5(12)6-2-3-8(13)7(4-11)9(6)10/h2-3,11,13H,4H2,1H3. The lowest BCUT2D eigenvalue weighted by Crippen LogP contribution is -1.97. The number of carbonyl (C=O) groups is 1. The number of rotatable bonds is 2. The average Bonchev–Trinajstić information content (AvgIpc) is 2.04. The van der Waals surface area contributed by atoms with E-state index in [1.165, 1.54) is 19.1 Å². The molecular weight excluding hydrogens is 236 g/mol. The number of halogens is 1. The molecule has 70 valence electrons. The van der Waals surface area contributed by atoms with Gasteiger partial charge in [-0.25, -0.2) is 0 Å². The molecule has 0 amide bonds.